The van der Waals surface area contributed by atoms with Crippen molar-refractivity contribution in [3.8, 4) is 0 Å². The van der Waals surface area contributed by atoms with Crippen LogP contribution in [0.15, 0.2) is 18.2 Å². The fraction of sp³-hybridized carbons (Fsp3) is 0.625. The molecule has 1 unspecified atom stereocenters. The van der Waals surface area contributed by atoms with Gasteiger partial charge >= 0.3 is 0 Å². The summed E-state index contributed by atoms with van der Waals surface area (Å²) in [5.74, 6) is 0.354. The molecule has 1 aromatic carbocycles. The van der Waals surface area contributed by atoms with Gasteiger partial charge in [0.05, 0.1) is 6.61 Å². The second kappa shape index (κ2) is 8.22. The first-order valence-corrected chi connectivity index (χ1v) is 7.18. The number of hydrogen-bond donors (Lipinski definition) is 1. The maximum Gasteiger partial charge on any atom is 0.129 e. The summed E-state index contributed by atoms with van der Waals surface area (Å²) in [7, 11) is 3.69. The van der Waals surface area contributed by atoms with Crippen molar-refractivity contribution in [1.82, 2.24) is 5.32 Å². The second-order valence-corrected chi connectivity index (χ2v) is 5.50. The number of benzene rings is 1. The third-order valence-electron chi connectivity index (χ3n) is 3.83. The van der Waals surface area contributed by atoms with Gasteiger partial charge in [-0.2, -0.15) is 0 Å². The van der Waals surface area contributed by atoms with Crippen molar-refractivity contribution in [2.75, 3.05) is 32.2 Å². The molecular formula is C16H27FN2O. The smallest absolute Gasteiger partial charge is 0.129 e. The van der Waals surface area contributed by atoms with Gasteiger partial charge in [0.25, 0.3) is 0 Å². The third kappa shape index (κ3) is 4.46. The Morgan fingerprint density at radius 2 is 2.00 bits per heavy atom. The topological polar surface area (TPSA) is 24.5 Å². The van der Waals surface area contributed by atoms with Crippen molar-refractivity contribution in [2.24, 2.45) is 5.92 Å². The fourth-order valence-electron chi connectivity index (χ4n) is 2.11. The molecule has 1 aromatic rings. The van der Waals surface area contributed by atoms with E-state index in [4.69, 9.17) is 4.74 Å². The van der Waals surface area contributed by atoms with E-state index in [1.165, 1.54) is 6.07 Å². The predicted molar refractivity (Wildman–Crippen MR) is 82.7 cm³/mol. The molecule has 1 N–H and O–H groups in total. The van der Waals surface area contributed by atoms with Crippen LogP contribution in [0.1, 0.15) is 26.3 Å². The third-order valence-corrected chi connectivity index (χ3v) is 3.83. The Kier molecular flexibility index (Phi) is 6.96. The van der Waals surface area contributed by atoms with Gasteiger partial charge in [0.15, 0.2) is 0 Å². The number of nitrogens with one attached hydrogen (secondary N) is 1. The molecule has 0 bridgehead atoms. The van der Waals surface area contributed by atoms with Crippen LogP contribution in [0.4, 0.5) is 10.1 Å². The summed E-state index contributed by atoms with van der Waals surface area (Å²) >= 11 is 0. The molecule has 20 heavy (non-hydrogen) atoms. The van der Waals surface area contributed by atoms with Crippen molar-refractivity contribution < 1.29 is 9.13 Å². The molecule has 0 aliphatic rings. The molecule has 1 atom stereocenters. The first kappa shape index (κ1) is 16.9. The minimum atomic E-state index is -0.157. The Hall–Kier alpha value is -1.13. The number of halogens is 1. The van der Waals surface area contributed by atoms with Crippen molar-refractivity contribution in [3.05, 3.63) is 29.6 Å². The molecule has 0 aliphatic carbocycles. The highest BCUT2D eigenvalue weighted by atomic mass is 19.1. The Morgan fingerprint density at radius 1 is 1.30 bits per heavy atom. The average Bonchev–Trinajstić information content (AvgIpc) is 2.43. The number of methoxy groups -OCH3 is 1. The van der Waals surface area contributed by atoms with E-state index in [9.17, 15) is 4.39 Å². The Bertz CT molecular complexity index is 409. The highest BCUT2D eigenvalue weighted by molar-refractivity contribution is 5.54. The SMILES string of the molecule is COCCNCc1c(F)cccc1N(C)C(C)C(C)C. The normalized spacial score (nSPS) is 12.8. The minimum Gasteiger partial charge on any atom is -0.383 e. The van der Waals surface area contributed by atoms with Crippen LogP contribution in [0, 0.1) is 11.7 Å². The summed E-state index contributed by atoms with van der Waals surface area (Å²) in [6.45, 7) is 8.38. The first-order valence-electron chi connectivity index (χ1n) is 7.18. The Morgan fingerprint density at radius 3 is 2.60 bits per heavy atom. The van der Waals surface area contributed by atoms with Gasteiger partial charge in [0.2, 0.25) is 0 Å². The van der Waals surface area contributed by atoms with E-state index in [0.29, 0.717) is 31.7 Å². The molecule has 0 saturated heterocycles. The summed E-state index contributed by atoms with van der Waals surface area (Å²) < 4.78 is 19.1. The zero-order chi connectivity index (χ0) is 15.1. The molecule has 0 radical (unpaired) electrons. The molecule has 0 aliphatic heterocycles. The molecule has 0 spiro atoms. The number of anilines is 1. The van der Waals surface area contributed by atoms with Crippen LogP contribution in [-0.2, 0) is 11.3 Å². The van der Waals surface area contributed by atoms with Crippen LogP contribution in [0.3, 0.4) is 0 Å². The van der Waals surface area contributed by atoms with Gasteiger partial charge in [0.1, 0.15) is 5.82 Å². The zero-order valence-electron chi connectivity index (χ0n) is 13.2. The maximum atomic E-state index is 14.1. The number of hydrogen-bond acceptors (Lipinski definition) is 3. The van der Waals surface area contributed by atoms with Crippen molar-refractivity contribution in [1.29, 1.82) is 0 Å². The van der Waals surface area contributed by atoms with E-state index in [0.717, 1.165) is 11.3 Å². The summed E-state index contributed by atoms with van der Waals surface area (Å²) in [5.41, 5.74) is 1.68. The molecule has 0 heterocycles. The molecule has 0 aromatic heterocycles. The maximum absolute atomic E-state index is 14.1. The second-order valence-electron chi connectivity index (χ2n) is 5.50. The van der Waals surface area contributed by atoms with Crippen LogP contribution in [0.2, 0.25) is 0 Å². The van der Waals surface area contributed by atoms with E-state index in [1.807, 2.05) is 13.1 Å². The lowest BCUT2D eigenvalue weighted by atomic mass is 10.0. The van der Waals surface area contributed by atoms with E-state index < -0.39 is 0 Å². The minimum absolute atomic E-state index is 0.157. The van der Waals surface area contributed by atoms with Crippen LogP contribution in [-0.4, -0.2) is 33.4 Å². The molecule has 0 saturated carbocycles. The van der Waals surface area contributed by atoms with E-state index in [1.54, 1.807) is 13.2 Å². The molecule has 0 amide bonds. The Balaban J connectivity index is 2.87. The fourth-order valence-corrected chi connectivity index (χ4v) is 2.11. The number of ether oxygens (including phenoxy) is 1. The summed E-state index contributed by atoms with van der Waals surface area (Å²) in [6, 6.07) is 5.63. The van der Waals surface area contributed by atoms with Gasteiger partial charge in [-0.05, 0) is 25.0 Å². The van der Waals surface area contributed by atoms with Gasteiger partial charge in [-0.15, -0.1) is 0 Å². The quantitative estimate of drug-likeness (QED) is 0.742. The van der Waals surface area contributed by atoms with Crippen LogP contribution < -0.4 is 10.2 Å². The predicted octanol–water partition coefficient (Wildman–Crippen LogP) is 3.04. The zero-order valence-corrected chi connectivity index (χ0v) is 13.2. The van der Waals surface area contributed by atoms with Gasteiger partial charge in [-0.3, -0.25) is 0 Å². The molecule has 4 heteroatoms. The highest BCUT2D eigenvalue weighted by Gasteiger charge is 2.18. The van der Waals surface area contributed by atoms with Crippen LogP contribution in [0.5, 0.6) is 0 Å². The van der Waals surface area contributed by atoms with E-state index in [2.05, 4.69) is 31.0 Å². The summed E-state index contributed by atoms with van der Waals surface area (Å²) in [4.78, 5) is 2.15. The van der Waals surface area contributed by atoms with Crippen molar-refractivity contribution in [3.63, 3.8) is 0 Å². The van der Waals surface area contributed by atoms with E-state index in [-0.39, 0.29) is 5.82 Å². The molecule has 114 valence electrons. The van der Waals surface area contributed by atoms with E-state index >= 15 is 0 Å². The lowest BCUT2D eigenvalue weighted by molar-refractivity contribution is 0.199. The van der Waals surface area contributed by atoms with Crippen LogP contribution >= 0.6 is 0 Å². The molecule has 3 nitrogen and oxygen atoms in total. The lowest BCUT2D eigenvalue weighted by Crippen LogP contribution is -2.34. The molecule has 1 rings (SSSR count). The number of rotatable bonds is 8. The first-order chi connectivity index (χ1) is 9.49. The van der Waals surface area contributed by atoms with Gasteiger partial charge in [0, 0.05) is 44.5 Å². The van der Waals surface area contributed by atoms with Gasteiger partial charge in [-0.1, -0.05) is 19.9 Å². The monoisotopic (exact) mass is 282 g/mol. The molecular weight excluding hydrogens is 255 g/mol. The largest absolute Gasteiger partial charge is 0.383 e. The average molecular weight is 282 g/mol. The van der Waals surface area contributed by atoms with Gasteiger partial charge in [-0.25, -0.2) is 4.39 Å². The summed E-state index contributed by atoms with van der Waals surface area (Å²) in [5, 5.41) is 3.22. The van der Waals surface area contributed by atoms with Crippen LogP contribution in [0.25, 0.3) is 0 Å². The number of nitrogens with zero attached hydrogens (tertiary/aromatic N) is 1. The standard InChI is InChI=1S/C16H27FN2O/c1-12(2)13(3)19(4)16-8-6-7-15(17)14(16)11-18-9-10-20-5/h6-8,12-13,18H,9-11H2,1-5H3. The van der Waals surface area contributed by atoms with Gasteiger partial charge < -0.3 is 15.0 Å². The Labute approximate surface area is 122 Å². The summed E-state index contributed by atoms with van der Waals surface area (Å²) in [6.07, 6.45) is 0. The lowest BCUT2D eigenvalue weighted by Gasteiger charge is -2.32. The highest BCUT2D eigenvalue weighted by Crippen LogP contribution is 2.25. The van der Waals surface area contributed by atoms with Crippen molar-refractivity contribution in [2.45, 2.75) is 33.4 Å². The molecule has 0 fully saturated rings. The van der Waals surface area contributed by atoms with Crippen molar-refractivity contribution >= 4 is 5.69 Å².